The molecule has 2 aromatic rings. The fourth-order valence-corrected chi connectivity index (χ4v) is 2.94. The quantitative estimate of drug-likeness (QED) is 0.859. The van der Waals surface area contributed by atoms with Crippen molar-refractivity contribution in [1.29, 1.82) is 0 Å². The minimum atomic E-state index is 0.0870. The van der Waals surface area contributed by atoms with Crippen LogP contribution in [0, 0.1) is 0 Å². The molecule has 0 radical (unpaired) electrons. The van der Waals surface area contributed by atoms with Gasteiger partial charge in [0, 0.05) is 37.4 Å². The zero-order chi connectivity index (χ0) is 13.9. The molecular formula is C16H19N3O. The lowest BCUT2D eigenvalue weighted by Gasteiger charge is -2.37. The maximum absolute atomic E-state index is 12.7. The standard InChI is InChI=1S/C16H19N3O/c1-2-5-15-14-7-4-9-18(14)10-11-19(15)16(20)13-6-3-8-17-12-13/h3-4,6-9,12,15H,2,5,10-11H2,1H3. The van der Waals surface area contributed by atoms with Gasteiger partial charge in [-0.15, -0.1) is 0 Å². The second kappa shape index (κ2) is 5.49. The number of carbonyl (C=O) groups excluding carboxylic acids is 1. The average Bonchev–Trinajstić information content (AvgIpc) is 2.97. The maximum atomic E-state index is 12.7. The number of aromatic nitrogens is 2. The van der Waals surface area contributed by atoms with E-state index in [0.29, 0.717) is 5.56 Å². The summed E-state index contributed by atoms with van der Waals surface area (Å²) in [5, 5.41) is 0. The molecule has 0 fully saturated rings. The van der Waals surface area contributed by atoms with Crippen LogP contribution in [-0.4, -0.2) is 26.9 Å². The lowest BCUT2D eigenvalue weighted by Crippen LogP contribution is -2.41. The molecule has 20 heavy (non-hydrogen) atoms. The highest BCUT2D eigenvalue weighted by Gasteiger charge is 2.30. The van der Waals surface area contributed by atoms with E-state index in [4.69, 9.17) is 0 Å². The zero-order valence-electron chi connectivity index (χ0n) is 11.7. The van der Waals surface area contributed by atoms with E-state index in [0.717, 1.165) is 25.9 Å². The molecule has 1 amide bonds. The SMILES string of the molecule is CCCC1c2cccn2CCN1C(=O)c1cccnc1. The third-order valence-corrected chi connectivity index (χ3v) is 3.90. The summed E-state index contributed by atoms with van der Waals surface area (Å²) in [6, 6.07) is 8.02. The van der Waals surface area contributed by atoms with Crippen LogP contribution in [-0.2, 0) is 6.54 Å². The Morgan fingerprint density at radius 2 is 2.25 bits per heavy atom. The van der Waals surface area contributed by atoms with Gasteiger partial charge < -0.3 is 9.47 Å². The van der Waals surface area contributed by atoms with Gasteiger partial charge in [0.05, 0.1) is 11.6 Å². The monoisotopic (exact) mass is 269 g/mol. The van der Waals surface area contributed by atoms with Gasteiger partial charge in [-0.25, -0.2) is 0 Å². The van der Waals surface area contributed by atoms with E-state index in [-0.39, 0.29) is 11.9 Å². The molecule has 104 valence electrons. The lowest BCUT2D eigenvalue weighted by molar-refractivity contribution is 0.0610. The van der Waals surface area contributed by atoms with Crippen molar-refractivity contribution in [2.75, 3.05) is 6.54 Å². The molecule has 3 heterocycles. The summed E-state index contributed by atoms with van der Waals surface area (Å²) in [6.07, 6.45) is 7.51. The second-order valence-corrected chi connectivity index (χ2v) is 5.17. The number of amides is 1. The van der Waals surface area contributed by atoms with Crippen molar-refractivity contribution in [2.45, 2.75) is 32.4 Å². The van der Waals surface area contributed by atoms with Gasteiger partial charge >= 0.3 is 0 Å². The molecule has 4 nitrogen and oxygen atoms in total. The van der Waals surface area contributed by atoms with E-state index >= 15 is 0 Å². The molecule has 0 saturated carbocycles. The Morgan fingerprint density at radius 3 is 3.00 bits per heavy atom. The maximum Gasteiger partial charge on any atom is 0.256 e. The molecule has 0 N–H and O–H groups in total. The third kappa shape index (κ3) is 2.22. The van der Waals surface area contributed by atoms with Gasteiger partial charge in [-0.05, 0) is 30.7 Å². The summed E-state index contributed by atoms with van der Waals surface area (Å²) in [6.45, 7) is 3.79. The Hall–Kier alpha value is -2.10. The first-order chi connectivity index (χ1) is 9.81. The van der Waals surface area contributed by atoms with Crippen LogP contribution in [0.4, 0.5) is 0 Å². The zero-order valence-corrected chi connectivity index (χ0v) is 11.7. The minimum absolute atomic E-state index is 0.0870. The predicted octanol–water partition coefficient (Wildman–Crippen LogP) is 2.88. The van der Waals surface area contributed by atoms with Crippen molar-refractivity contribution in [2.24, 2.45) is 0 Å². The molecule has 0 aliphatic carbocycles. The fraction of sp³-hybridized carbons (Fsp3) is 0.375. The number of carbonyl (C=O) groups is 1. The number of hydrogen-bond acceptors (Lipinski definition) is 2. The molecule has 2 aromatic heterocycles. The highest BCUT2D eigenvalue weighted by Crippen LogP contribution is 2.31. The Balaban J connectivity index is 1.91. The molecule has 0 bridgehead atoms. The van der Waals surface area contributed by atoms with Gasteiger partial charge in [0.15, 0.2) is 0 Å². The number of pyridine rings is 1. The molecule has 1 aliphatic heterocycles. The van der Waals surface area contributed by atoms with Gasteiger partial charge in [-0.2, -0.15) is 0 Å². The van der Waals surface area contributed by atoms with Crippen molar-refractivity contribution in [1.82, 2.24) is 14.5 Å². The Labute approximate surface area is 119 Å². The Kier molecular flexibility index (Phi) is 3.54. The molecule has 0 saturated heterocycles. The van der Waals surface area contributed by atoms with Crippen LogP contribution in [0.15, 0.2) is 42.9 Å². The first kappa shape index (κ1) is 12.9. The molecular weight excluding hydrogens is 250 g/mol. The highest BCUT2D eigenvalue weighted by atomic mass is 16.2. The van der Waals surface area contributed by atoms with Crippen LogP contribution in [0.1, 0.15) is 41.9 Å². The van der Waals surface area contributed by atoms with Crippen LogP contribution >= 0.6 is 0 Å². The number of nitrogens with zero attached hydrogens (tertiary/aromatic N) is 3. The first-order valence-corrected chi connectivity index (χ1v) is 7.17. The summed E-state index contributed by atoms with van der Waals surface area (Å²) in [5.41, 5.74) is 1.92. The van der Waals surface area contributed by atoms with Crippen LogP contribution < -0.4 is 0 Å². The van der Waals surface area contributed by atoms with Gasteiger partial charge in [-0.3, -0.25) is 9.78 Å². The summed E-state index contributed by atoms with van der Waals surface area (Å²) in [5.74, 6) is 0.0870. The summed E-state index contributed by atoms with van der Waals surface area (Å²) in [7, 11) is 0. The van der Waals surface area contributed by atoms with Gasteiger partial charge in [-0.1, -0.05) is 13.3 Å². The molecule has 0 spiro atoms. The molecule has 1 unspecified atom stereocenters. The highest BCUT2D eigenvalue weighted by molar-refractivity contribution is 5.94. The van der Waals surface area contributed by atoms with E-state index in [1.54, 1.807) is 12.4 Å². The van der Waals surface area contributed by atoms with E-state index in [1.165, 1.54) is 5.69 Å². The van der Waals surface area contributed by atoms with E-state index in [2.05, 4.69) is 34.8 Å². The first-order valence-electron chi connectivity index (χ1n) is 7.17. The van der Waals surface area contributed by atoms with Crippen molar-refractivity contribution in [3.63, 3.8) is 0 Å². The summed E-state index contributed by atoms with van der Waals surface area (Å²) >= 11 is 0. The molecule has 3 rings (SSSR count). The van der Waals surface area contributed by atoms with Gasteiger partial charge in [0.25, 0.3) is 5.91 Å². The smallest absolute Gasteiger partial charge is 0.256 e. The minimum Gasteiger partial charge on any atom is -0.348 e. The Morgan fingerprint density at radius 1 is 1.35 bits per heavy atom. The van der Waals surface area contributed by atoms with Crippen LogP contribution in [0.5, 0.6) is 0 Å². The van der Waals surface area contributed by atoms with E-state index < -0.39 is 0 Å². The topological polar surface area (TPSA) is 38.1 Å². The van der Waals surface area contributed by atoms with E-state index in [1.807, 2.05) is 17.0 Å². The number of rotatable bonds is 3. The van der Waals surface area contributed by atoms with E-state index in [9.17, 15) is 4.79 Å². The Bertz CT molecular complexity index is 591. The van der Waals surface area contributed by atoms with Crippen LogP contribution in [0.3, 0.4) is 0 Å². The van der Waals surface area contributed by atoms with Crippen molar-refractivity contribution in [3.05, 3.63) is 54.1 Å². The lowest BCUT2D eigenvalue weighted by atomic mass is 10.0. The van der Waals surface area contributed by atoms with Gasteiger partial charge in [0.1, 0.15) is 0 Å². The molecule has 1 atom stereocenters. The van der Waals surface area contributed by atoms with Crippen LogP contribution in [0.25, 0.3) is 0 Å². The number of hydrogen-bond donors (Lipinski definition) is 0. The van der Waals surface area contributed by atoms with Crippen molar-refractivity contribution < 1.29 is 4.79 Å². The predicted molar refractivity (Wildman–Crippen MR) is 77.4 cm³/mol. The van der Waals surface area contributed by atoms with Crippen molar-refractivity contribution in [3.8, 4) is 0 Å². The molecule has 1 aliphatic rings. The van der Waals surface area contributed by atoms with Crippen LogP contribution in [0.2, 0.25) is 0 Å². The van der Waals surface area contributed by atoms with Gasteiger partial charge in [0.2, 0.25) is 0 Å². The average molecular weight is 269 g/mol. The molecule has 0 aromatic carbocycles. The largest absolute Gasteiger partial charge is 0.348 e. The van der Waals surface area contributed by atoms with Crippen molar-refractivity contribution >= 4 is 5.91 Å². The molecule has 4 heteroatoms. The normalized spacial score (nSPS) is 17.9. The second-order valence-electron chi connectivity index (χ2n) is 5.17. The third-order valence-electron chi connectivity index (χ3n) is 3.90. The fourth-order valence-electron chi connectivity index (χ4n) is 2.94. The summed E-state index contributed by atoms with van der Waals surface area (Å²) < 4.78 is 2.26. The number of fused-ring (bicyclic) bond motifs is 1. The summed E-state index contributed by atoms with van der Waals surface area (Å²) in [4.78, 5) is 18.7.